The van der Waals surface area contributed by atoms with E-state index in [1.807, 2.05) is 20.8 Å². The van der Waals surface area contributed by atoms with Crippen molar-refractivity contribution in [3.8, 4) is 0 Å². The van der Waals surface area contributed by atoms with Gasteiger partial charge in [0.25, 0.3) is 11.8 Å². The monoisotopic (exact) mass is 224 g/mol. The Bertz CT molecular complexity index is 335. The summed E-state index contributed by atoms with van der Waals surface area (Å²) in [5.74, 6) is -1.19. The van der Waals surface area contributed by atoms with Gasteiger partial charge in [-0.3, -0.25) is 19.3 Å². The molecular weight excluding hydrogens is 208 g/mol. The van der Waals surface area contributed by atoms with Gasteiger partial charge in [0.15, 0.2) is 0 Å². The van der Waals surface area contributed by atoms with E-state index in [9.17, 15) is 14.4 Å². The number of carbonyl (C=O) groups excluding carboxylic acids is 3. The highest BCUT2D eigenvalue weighted by atomic mass is 16.2. The maximum atomic E-state index is 11.5. The molecule has 1 rings (SSSR count). The summed E-state index contributed by atoms with van der Waals surface area (Å²) >= 11 is 0. The molecular formula is C11H16N2O3. The molecule has 0 unspecified atom stereocenters. The Balaban J connectivity index is 2.41. The van der Waals surface area contributed by atoms with Crippen LogP contribution in [0.4, 0.5) is 0 Å². The van der Waals surface area contributed by atoms with Crippen LogP contribution < -0.4 is 5.32 Å². The largest absolute Gasteiger partial charge is 0.354 e. The Labute approximate surface area is 94.5 Å². The van der Waals surface area contributed by atoms with Gasteiger partial charge >= 0.3 is 0 Å². The second-order valence-corrected chi connectivity index (χ2v) is 4.93. The van der Waals surface area contributed by atoms with Gasteiger partial charge in [0, 0.05) is 18.7 Å². The van der Waals surface area contributed by atoms with Gasteiger partial charge in [-0.2, -0.15) is 0 Å². The Morgan fingerprint density at radius 1 is 1.25 bits per heavy atom. The zero-order chi connectivity index (χ0) is 12.3. The van der Waals surface area contributed by atoms with Crippen LogP contribution in [0.25, 0.3) is 0 Å². The number of amides is 3. The normalized spacial score (nSPS) is 15.8. The molecule has 16 heavy (non-hydrogen) atoms. The molecule has 0 atom stereocenters. The fourth-order valence-electron chi connectivity index (χ4n) is 1.15. The van der Waals surface area contributed by atoms with Crippen molar-refractivity contribution < 1.29 is 14.4 Å². The molecule has 0 aromatic heterocycles. The Hall–Kier alpha value is -1.65. The number of carbonyl (C=O) groups is 3. The van der Waals surface area contributed by atoms with Crippen molar-refractivity contribution in [2.24, 2.45) is 5.41 Å². The SMILES string of the molecule is CC(C)(C)CNC(=O)CN1C(=O)C=CC1=O. The van der Waals surface area contributed by atoms with E-state index in [1.54, 1.807) is 0 Å². The topological polar surface area (TPSA) is 66.5 Å². The number of hydrogen-bond donors (Lipinski definition) is 1. The number of nitrogens with one attached hydrogen (secondary N) is 1. The molecule has 0 aliphatic carbocycles. The maximum Gasteiger partial charge on any atom is 0.254 e. The minimum absolute atomic E-state index is 0.0209. The summed E-state index contributed by atoms with van der Waals surface area (Å²) in [7, 11) is 0. The lowest BCUT2D eigenvalue weighted by atomic mass is 9.97. The van der Waals surface area contributed by atoms with Crippen LogP contribution in [-0.4, -0.2) is 35.7 Å². The fourth-order valence-corrected chi connectivity index (χ4v) is 1.15. The molecule has 88 valence electrons. The van der Waals surface area contributed by atoms with Crippen LogP contribution in [0.5, 0.6) is 0 Å². The van der Waals surface area contributed by atoms with Crippen molar-refractivity contribution in [2.75, 3.05) is 13.1 Å². The molecule has 0 spiro atoms. The lowest BCUT2D eigenvalue weighted by molar-refractivity contribution is -0.141. The third-order valence-electron chi connectivity index (χ3n) is 2.02. The van der Waals surface area contributed by atoms with Gasteiger partial charge in [0.05, 0.1) is 0 Å². The second kappa shape index (κ2) is 4.47. The maximum absolute atomic E-state index is 11.5. The van der Waals surface area contributed by atoms with Crippen molar-refractivity contribution in [1.29, 1.82) is 0 Å². The first kappa shape index (κ1) is 12.4. The van der Waals surface area contributed by atoms with Gasteiger partial charge in [0.2, 0.25) is 5.91 Å². The number of nitrogens with zero attached hydrogens (tertiary/aromatic N) is 1. The smallest absolute Gasteiger partial charge is 0.254 e. The molecule has 0 aromatic rings. The predicted molar refractivity (Wildman–Crippen MR) is 58.3 cm³/mol. The quantitative estimate of drug-likeness (QED) is 0.690. The van der Waals surface area contributed by atoms with Crippen LogP contribution in [-0.2, 0) is 14.4 Å². The van der Waals surface area contributed by atoms with Gasteiger partial charge in [-0.05, 0) is 5.41 Å². The number of rotatable bonds is 3. The molecule has 1 heterocycles. The molecule has 5 nitrogen and oxygen atoms in total. The van der Waals surface area contributed by atoms with Crippen molar-refractivity contribution in [2.45, 2.75) is 20.8 Å². The Kier molecular flexibility index (Phi) is 3.47. The van der Waals surface area contributed by atoms with Gasteiger partial charge in [0.1, 0.15) is 6.54 Å². The minimum Gasteiger partial charge on any atom is -0.354 e. The summed E-state index contributed by atoms with van der Waals surface area (Å²) < 4.78 is 0. The standard InChI is InChI=1S/C11H16N2O3/c1-11(2,3)7-12-8(14)6-13-9(15)4-5-10(13)16/h4-5H,6-7H2,1-3H3,(H,12,14). The Morgan fingerprint density at radius 2 is 1.75 bits per heavy atom. The van der Waals surface area contributed by atoms with Crippen molar-refractivity contribution in [3.63, 3.8) is 0 Å². The molecule has 1 N–H and O–H groups in total. The van der Waals surface area contributed by atoms with Gasteiger partial charge < -0.3 is 5.32 Å². The van der Waals surface area contributed by atoms with Gasteiger partial charge in [-0.25, -0.2) is 0 Å². The minimum atomic E-state index is -0.434. The summed E-state index contributed by atoms with van der Waals surface area (Å²) in [5, 5.41) is 2.68. The number of imide groups is 1. The molecule has 0 aromatic carbocycles. The fraction of sp³-hybridized carbons (Fsp3) is 0.545. The van der Waals surface area contributed by atoms with Crippen LogP contribution in [0.15, 0.2) is 12.2 Å². The lowest BCUT2D eigenvalue weighted by Gasteiger charge is -2.20. The van der Waals surface area contributed by atoms with E-state index in [-0.39, 0.29) is 17.9 Å². The summed E-state index contributed by atoms with van der Waals surface area (Å²) in [4.78, 5) is 34.7. The molecule has 3 amide bonds. The molecule has 0 saturated carbocycles. The zero-order valence-corrected chi connectivity index (χ0v) is 9.74. The van der Waals surface area contributed by atoms with E-state index >= 15 is 0 Å². The predicted octanol–water partition coefficient (Wildman–Crippen LogP) is 0.0737. The first-order valence-corrected chi connectivity index (χ1v) is 5.10. The molecule has 1 aliphatic heterocycles. The highest BCUT2D eigenvalue weighted by molar-refractivity contribution is 6.14. The highest BCUT2D eigenvalue weighted by Gasteiger charge is 2.25. The third-order valence-corrected chi connectivity index (χ3v) is 2.02. The van der Waals surface area contributed by atoms with Gasteiger partial charge in [-0.15, -0.1) is 0 Å². The van der Waals surface area contributed by atoms with Crippen LogP contribution in [0.3, 0.4) is 0 Å². The van der Waals surface area contributed by atoms with Crippen LogP contribution in [0.2, 0.25) is 0 Å². The molecule has 0 bridgehead atoms. The molecule has 0 saturated heterocycles. The molecule has 5 heteroatoms. The van der Waals surface area contributed by atoms with Crippen LogP contribution in [0, 0.1) is 5.41 Å². The van der Waals surface area contributed by atoms with E-state index < -0.39 is 11.8 Å². The van der Waals surface area contributed by atoms with Crippen molar-refractivity contribution >= 4 is 17.7 Å². The molecule has 1 aliphatic rings. The van der Waals surface area contributed by atoms with Crippen molar-refractivity contribution in [1.82, 2.24) is 10.2 Å². The average Bonchev–Trinajstić information content (AvgIpc) is 2.45. The third kappa shape index (κ3) is 3.49. The summed E-state index contributed by atoms with van der Waals surface area (Å²) in [5.41, 5.74) is -0.0209. The Morgan fingerprint density at radius 3 is 2.19 bits per heavy atom. The van der Waals surface area contributed by atoms with Crippen LogP contribution in [0.1, 0.15) is 20.8 Å². The first-order valence-electron chi connectivity index (χ1n) is 5.10. The second-order valence-electron chi connectivity index (χ2n) is 4.93. The first-order chi connectivity index (χ1) is 7.29. The average molecular weight is 224 g/mol. The van der Waals surface area contributed by atoms with E-state index in [1.165, 1.54) is 12.2 Å². The number of hydrogen-bond acceptors (Lipinski definition) is 3. The molecule has 0 radical (unpaired) electrons. The van der Waals surface area contributed by atoms with E-state index in [0.29, 0.717) is 6.54 Å². The lowest BCUT2D eigenvalue weighted by Crippen LogP contribution is -2.42. The van der Waals surface area contributed by atoms with E-state index in [2.05, 4.69) is 5.32 Å². The van der Waals surface area contributed by atoms with E-state index in [0.717, 1.165) is 4.90 Å². The van der Waals surface area contributed by atoms with Crippen LogP contribution >= 0.6 is 0 Å². The highest BCUT2D eigenvalue weighted by Crippen LogP contribution is 2.10. The summed E-state index contributed by atoms with van der Waals surface area (Å²) in [6, 6.07) is 0. The summed E-state index contributed by atoms with van der Waals surface area (Å²) in [6.45, 7) is 6.26. The van der Waals surface area contributed by atoms with Gasteiger partial charge in [-0.1, -0.05) is 20.8 Å². The summed E-state index contributed by atoms with van der Waals surface area (Å²) in [6.07, 6.45) is 2.33. The van der Waals surface area contributed by atoms with Crippen molar-refractivity contribution in [3.05, 3.63) is 12.2 Å². The zero-order valence-electron chi connectivity index (χ0n) is 9.74. The molecule has 0 fully saturated rings. The van der Waals surface area contributed by atoms with E-state index in [4.69, 9.17) is 0 Å².